The molecule has 4 heteroatoms. The van der Waals surface area contributed by atoms with E-state index in [2.05, 4.69) is 11.6 Å². The first kappa shape index (κ1) is 7.78. The van der Waals surface area contributed by atoms with E-state index >= 15 is 0 Å². The van der Waals surface area contributed by atoms with E-state index in [-0.39, 0.29) is 12.7 Å². The molecule has 1 rings (SSSR count). The molecular weight excluding hydrogens is 144 g/mol. The largest absolute Gasteiger partial charge is 0.445 e. The highest BCUT2D eigenvalue weighted by Gasteiger charge is 2.14. The van der Waals surface area contributed by atoms with Crippen molar-refractivity contribution in [1.82, 2.24) is 4.90 Å². The molecule has 1 amide bonds. The van der Waals surface area contributed by atoms with Crippen LogP contribution in [-0.2, 0) is 4.74 Å². The van der Waals surface area contributed by atoms with Crippen LogP contribution in [0, 0.1) is 0 Å². The second kappa shape index (κ2) is 3.75. The van der Waals surface area contributed by atoms with Gasteiger partial charge >= 0.3 is 6.09 Å². The van der Waals surface area contributed by atoms with Gasteiger partial charge in [-0.15, -0.1) is 0 Å². The summed E-state index contributed by atoms with van der Waals surface area (Å²) in [5, 5.41) is 0. The van der Waals surface area contributed by atoms with Crippen molar-refractivity contribution in [3.05, 3.63) is 12.7 Å². The normalized spacial score (nSPS) is 15.1. The fourth-order valence-electron chi connectivity index (χ4n) is 0.731. The number of amides is 1. The van der Waals surface area contributed by atoms with E-state index in [1.54, 1.807) is 0 Å². The average molecular weight is 154 g/mol. The molecule has 0 aromatic carbocycles. The molecule has 0 bridgehead atoms. The number of hydrogen-bond donors (Lipinski definition) is 0. The lowest BCUT2D eigenvalue weighted by Gasteiger charge is -2.10. The smallest absolute Gasteiger partial charge is 0.415 e. The first-order valence-electron chi connectivity index (χ1n) is 3.39. The van der Waals surface area contributed by atoms with Gasteiger partial charge in [-0.25, -0.2) is 4.79 Å². The molecule has 60 valence electrons. The van der Waals surface area contributed by atoms with Gasteiger partial charge in [-0.1, -0.05) is 12.7 Å². The monoisotopic (exact) mass is 154 g/mol. The van der Waals surface area contributed by atoms with Gasteiger partial charge in [0.1, 0.15) is 6.61 Å². The van der Waals surface area contributed by atoms with E-state index in [9.17, 15) is 4.79 Å². The zero-order valence-electron chi connectivity index (χ0n) is 6.19. The van der Waals surface area contributed by atoms with Crippen LogP contribution in [-0.4, -0.2) is 37.0 Å². The third kappa shape index (κ3) is 2.07. The number of hydrogen-bond acceptors (Lipinski definition) is 3. The highest BCUT2D eigenvalue weighted by Crippen LogP contribution is 1.96. The van der Waals surface area contributed by atoms with E-state index in [0.29, 0.717) is 13.1 Å². The summed E-state index contributed by atoms with van der Waals surface area (Å²) in [6.45, 7) is 4.97. The lowest BCUT2D eigenvalue weighted by molar-refractivity contribution is 0.137. The van der Waals surface area contributed by atoms with Crippen LogP contribution >= 0.6 is 0 Å². The molecule has 0 aliphatic carbocycles. The van der Waals surface area contributed by atoms with Gasteiger partial charge in [0.15, 0.2) is 0 Å². The van der Waals surface area contributed by atoms with Crippen molar-refractivity contribution in [1.29, 1.82) is 0 Å². The molecule has 0 unspecified atom stereocenters. The summed E-state index contributed by atoms with van der Waals surface area (Å²) < 4.78 is 4.75. The van der Waals surface area contributed by atoms with Crippen molar-refractivity contribution in [2.75, 3.05) is 19.7 Å². The van der Waals surface area contributed by atoms with Crippen LogP contribution in [0.15, 0.2) is 17.6 Å². The topological polar surface area (TPSA) is 41.9 Å². The minimum absolute atomic E-state index is 0.253. The summed E-state index contributed by atoms with van der Waals surface area (Å²) in [6, 6.07) is 0. The second-order valence-electron chi connectivity index (χ2n) is 2.08. The summed E-state index contributed by atoms with van der Waals surface area (Å²) in [5.41, 5.74) is 0. The van der Waals surface area contributed by atoms with E-state index in [1.165, 1.54) is 17.3 Å². The zero-order chi connectivity index (χ0) is 8.10. The first-order valence-corrected chi connectivity index (χ1v) is 3.39. The first-order chi connectivity index (χ1) is 5.34. The Bertz CT molecular complexity index is 189. The molecular formula is C7H10N2O2. The molecule has 1 aliphatic heterocycles. The van der Waals surface area contributed by atoms with Crippen molar-refractivity contribution >= 4 is 12.4 Å². The quantitative estimate of drug-likeness (QED) is 0.548. The summed E-state index contributed by atoms with van der Waals surface area (Å²) in [6.07, 6.45) is 2.67. The highest BCUT2D eigenvalue weighted by molar-refractivity contribution is 5.83. The number of nitrogens with zero attached hydrogens (tertiary/aromatic N) is 2. The fourth-order valence-corrected chi connectivity index (χ4v) is 0.731. The van der Waals surface area contributed by atoms with Gasteiger partial charge in [-0.2, -0.15) is 0 Å². The van der Waals surface area contributed by atoms with E-state index in [0.717, 1.165) is 0 Å². The number of carbonyl (C=O) groups excluding carboxylic acids is 1. The van der Waals surface area contributed by atoms with Gasteiger partial charge < -0.3 is 4.74 Å². The Balaban J connectivity index is 2.29. The maximum absolute atomic E-state index is 11.0. The van der Waals surface area contributed by atoms with E-state index in [1.807, 2.05) is 0 Å². The molecule has 0 spiro atoms. The Labute approximate surface area is 65.2 Å². The predicted molar refractivity (Wildman–Crippen MR) is 41.6 cm³/mol. The van der Waals surface area contributed by atoms with Gasteiger partial charge in [0.05, 0.1) is 12.9 Å². The fraction of sp³-hybridized carbons (Fsp3) is 0.429. The summed E-state index contributed by atoms with van der Waals surface area (Å²) in [5.74, 6) is 0. The molecule has 0 N–H and O–H groups in total. The second-order valence-corrected chi connectivity index (χ2v) is 2.08. The van der Waals surface area contributed by atoms with Gasteiger partial charge in [0, 0.05) is 6.54 Å². The number of carbonyl (C=O) groups is 1. The van der Waals surface area contributed by atoms with Crippen LogP contribution in [0.3, 0.4) is 0 Å². The van der Waals surface area contributed by atoms with Crippen molar-refractivity contribution in [2.45, 2.75) is 0 Å². The minimum atomic E-state index is -0.355. The summed E-state index contributed by atoms with van der Waals surface area (Å²) >= 11 is 0. The summed E-state index contributed by atoms with van der Waals surface area (Å²) in [7, 11) is 0. The van der Waals surface area contributed by atoms with E-state index in [4.69, 9.17) is 4.74 Å². The Kier molecular flexibility index (Phi) is 2.66. The molecule has 0 atom stereocenters. The van der Waals surface area contributed by atoms with Crippen LogP contribution in [0.4, 0.5) is 4.79 Å². The maximum atomic E-state index is 11.0. The molecule has 0 aromatic heterocycles. The number of rotatable bonds is 2. The third-order valence-electron chi connectivity index (χ3n) is 1.25. The van der Waals surface area contributed by atoms with Crippen LogP contribution in [0.5, 0.6) is 0 Å². The SMILES string of the molecule is C=CCOC(=O)N1C=NCC1. The molecule has 0 aromatic rings. The van der Waals surface area contributed by atoms with Crippen LogP contribution < -0.4 is 0 Å². The zero-order valence-corrected chi connectivity index (χ0v) is 6.19. The van der Waals surface area contributed by atoms with E-state index < -0.39 is 0 Å². The minimum Gasteiger partial charge on any atom is -0.445 e. The Morgan fingerprint density at radius 3 is 3.27 bits per heavy atom. The van der Waals surface area contributed by atoms with Crippen molar-refractivity contribution in [3.63, 3.8) is 0 Å². The third-order valence-corrected chi connectivity index (χ3v) is 1.25. The average Bonchev–Trinajstić information content (AvgIpc) is 2.52. The Morgan fingerprint density at radius 2 is 2.73 bits per heavy atom. The Morgan fingerprint density at radius 1 is 1.91 bits per heavy atom. The predicted octanol–water partition coefficient (Wildman–Crippen LogP) is 0.653. The molecule has 0 radical (unpaired) electrons. The van der Waals surface area contributed by atoms with Crippen LogP contribution in [0.1, 0.15) is 0 Å². The molecule has 11 heavy (non-hydrogen) atoms. The van der Waals surface area contributed by atoms with Crippen LogP contribution in [0.2, 0.25) is 0 Å². The standard InChI is InChI=1S/C7H10N2O2/c1-2-5-11-7(10)9-4-3-8-6-9/h2,6H,1,3-5H2. The van der Waals surface area contributed by atoms with Crippen molar-refractivity contribution < 1.29 is 9.53 Å². The molecule has 0 fully saturated rings. The van der Waals surface area contributed by atoms with Gasteiger partial charge in [-0.05, 0) is 0 Å². The molecule has 1 heterocycles. The molecule has 0 saturated carbocycles. The van der Waals surface area contributed by atoms with Crippen LogP contribution in [0.25, 0.3) is 0 Å². The highest BCUT2D eigenvalue weighted by atomic mass is 16.6. The van der Waals surface area contributed by atoms with Crippen molar-refractivity contribution in [2.24, 2.45) is 4.99 Å². The summed E-state index contributed by atoms with van der Waals surface area (Å²) in [4.78, 5) is 16.3. The van der Waals surface area contributed by atoms with Gasteiger partial charge in [0.2, 0.25) is 0 Å². The molecule has 0 saturated heterocycles. The van der Waals surface area contributed by atoms with Crippen molar-refractivity contribution in [3.8, 4) is 0 Å². The molecule has 1 aliphatic rings. The maximum Gasteiger partial charge on any atom is 0.415 e. The van der Waals surface area contributed by atoms with Gasteiger partial charge in [0.25, 0.3) is 0 Å². The lowest BCUT2D eigenvalue weighted by Crippen LogP contribution is -2.28. The number of aliphatic imine (C=N–C) groups is 1. The lowest BCUT2D eigenvalue weighted by atomic mass is 10.6. The molecule has 4 nitrogen and oxygen atoms in total. The Hall–Kier alpha value is -1.32. The van der Waals surface area contributed by atoms with Gasteiger partial charge in [-0.3, -0.25) is 9.89 Å². The number of ether oxygens (including phenoxy) is 1.